The van der Waals surface area contributed by atoms with Crippen molar-refractivity contribution >= 4 is 46.8 Å². The third-order valence-electron chi connectivity index (χ3n) is 7.58. The minimum Gasteiger partial charge on any atom is -0.329 e. The first kappa shape index (κ1) is 28.2. The van der Waals surface area contributed by atoms with Crippen molar-refractivity contribution in [2.45, 2.75) is 51.9 Å². The molecule has 1 aromatic heterocycles. The van der Waals surface area contributed by atoms with Crippen molar-refractivity contribution < 1.29 is 37.4 Å². The van der Waals surface area contributed by atoms with Crippen LogP contribution in [0.1, 0.15) is 44.0 Å². The summed E-state index contributed by atoms with van der Waals surface area (Å²) in [6.07, 6.45) is -3.61. The lowest BCUT2D eigenvalue weighted by atomic mass is 9.90. The Morgan fingerprint density at radius 3 is 2.35 bits per heavy atom. The Hall–Kier alpha value is -3.38. The van der Waals surface area contributed by atoms with Crippen LogP contribution in [0.2, 0.25) is 5.02 Å². The number of rotatable bonds is 4. The van der Waals surface area contributed by atoms with Gasteiger partial charge in [-0.25, -0.2) is 14.6 Å². The molecule has 3 unspecified atom stereocenters. The van der Waals surface area contributed by atoms with E-state index in [0.717, 1.165) is 12.8 Å². The predicted octanol–water partition coefficient (Wildman–Crippen LogP) is 4.59. The SMILES string of the molecule is CN1C(=O)[N+](CC(C)(C)C)(OC(=O)C(F)(F)F)c2ccc(N3CC4CCC3CN4C(=O)c3ccccc3Cl)[nH+]c21. The van der Waals surface area contributed by atoms with Crippen molar-refractivity contribution in [3.05, 3.63) is 47.0 Å². The summed E-state index contributed by atoms with van der Waals surface area (Å²) in [4.78, 5) is 52.1. The Balaban J connectivity index is 1.46. The molecule has 40 heavy (non-hydrogen) atoms. The smallest absolute Gasteiger partial charge is 0.329 e. The number of amides is 3. The number of nitrogens with one attached hydrogen (secondary N) is 1. The van der Waals surface area contributed by atoms with Crippen molar-refractivity contribution in [1.82, 2.24) is 9.55 Å². The van der Waals surface area contributed by atoms with Gasteiger partial charge in [0.15, 0.2) is 0 Å². The van der Waals surface area contributed by atoms with Crippen LogP contribution in [0.5, 0.6) is 0 Å². The number of carbonyl (C=O) groups excluding carboxylic acids is 3. The van der Waals surface area contributed by atoms with Crippen molar-refractivity contribution in [3.63, 3.8) is 0 Å². The molecule has 3 fully saturated rings. The molecule has 2 aromatic rings. The number of piperidine rings is 2. The molecule has 1 aromatic carbocycles. The van der Waals surface area contributed by atoms with Crippen molar-refractivity contribution in [3.8, 4) is 0 Å². The molecule has 4 aliphatic rings. The van der Waals surface area contributed by atoms with E-state index in [-0.39, 0.29) is 36.0 Å². The first-order valence-corrected chi connectivity index (χ1v) is 13.4. The van der Waals surface area contributed by atoms with Crippen LogP contribution >= 0.6 is 11.6 Å². The fraction of sp³-hybridized carbons (Fsp3) is 0.481. The van der Waals surface area contributed by atoms with Crippen molar-refractivity contribution in [1.29, 1.82) is 0 Å². The number of nitrogens with zero attached hydrogens (tertiary/aromatic N) is 4. The maximum Gasteiger partial charge on any atom is 0.529 e. The van der Waals surface area contributed by atoms with Crippen LogP contribution in [-0.2, 0) is 9.63 Å². The number of hydrogen-bond donors (Lipinski definition) is 0. The molecule has 3 amide bonds. The number of piperazine rings is 1. The zero-order valence-electron chi connectivity index (χ0n) is 22.6. The van der Waals surface area contributed by atoms with E-state index < -0.39 is 28.2 Å². The average molecular weight is 582 g/mol. The normalized spacial score (nSPS) is 24.4. The van der Waals surface area contributed by atoms with Gasteiger partial charge in [0.05, 0.1) is 42.8 Å². The molecule has 1 N–H and O–H groups in total. The van der Waals surface area contributed by atoms with E-state index >= 15 is 0 Å². The lowest BCUT2D eigenvalue weighted by molar-refractivity contribution is -0.349. The van der Waals surface area contributed by atoms with Gasteiger partial charge in [0, 0.05) is 22.2 Å². The molecule has 5 heterocycles. The van der Waals surface area contributed by atoms with Crippen LogP contribution in [0, 0.1) is 5.41 Å². The van der Waals surface area contributed by atoms with Gasteiger partial charge < -0.3 is 4.90 Å². The van der Waals surface area contributed by atoms with Crippen LogP contribution in [0.15, 0.2) is 36.4 Å². The summed E-state index contributed by atoms with van der Waals surface area (Å²) in [5.74, 6) is -1.67. The highest BCUT2D eigenvalue weighted by atomic mass is 35.5. The molecule has 0 spiro atoms. The third-order valence-corrected chi connectivity index (χ3v) is 7.91. The molecule has 0 saturated carbocycles. The van der Waals surface area contributed by atoms with Gasteiger partial charge in [-0.2, -0.15) is 22.9 Å². The van der Waals surface area contributed by atoms with E-state index in [2.05, 4.69) is 9.88 Å². The van der Waals surface area contributed by atoms with Crippen LogP contribution in [-0.4, -0.2) is 67.7 Å². The number of aromatic amines is 1. The van der Waals surface area contributed by atoms with Gasteiger partial charge in [0.1, 0.15) is 6.54 Å². The number of hydrogen-bond acceptors (Lipinski definition) is 5. The Labute approximate surface area is 234 Å². The minimum atomic E-state index is -5.27. The second kappa shape index (κ2) is 9.62. The Morgan fingerprint density at radius 1 is 1.07 bits per heavy atom. The molecule has 0 aliphatic carbocycles. The van der Waals surface area contributed by atoms with E-state index in [1.54, 1.807) is 51.1 Å². The number of anilines is 2. The summed E-state index contributed by atoms with van der Waals surface area (Å²) < 4.78 is 38.5. The highest BCUT2D eigenvalue weighted by Gasteiger charge is 2.64. The molecule has 4 aliphatic heterocycles. The van der Waals surface area contributed by atoms with Gasteiger partial charge in [-0.05, 0) is 25.0 Å². The lowest BCUT2D eigenvalue weighted by Crippen LogP contribution is -2.64. The summed E-state index contributed by atoms with van der Waals surface area (Å²) in [7, 11) is 1.43. The monoisotopic (exact) mass is 581 g/mol. The number of urea groups is 1. The first-order chi connectivity index (χ1) is 18.6. The van der Waals surface area contributed by atoms with Crippen LogP contribution in [0.25, 0.3) is 0 Å². The van der Waals surface area contributed by atoms with Crippen molar-refractivity contribution in [2.75, 3.05) is 36.5 Å². The maximum atomic E-state index is 13.5. The lowest BCUT2D eigenvalue weighted by Gasteiger charge is -2.49. The Bertz CT molecular complexity index is 1380. The van der Waals surface area contributed by atoms with Gasteiger partial charge in [-0.15, -0.1) is 0 Å². The number of H-pyrrole nitrogens is 1. The summed E-state index contributed by atoms with van der Waals surface area (Å²) in [5, 5.41) is 0.397. The van der Waals surface area contributed by atoms with E-state index in [1.165, 1.54) is 18.0 Å². The molecule has 13 heteroatoms. The fourth-order valence-corrected chi connectivity index (χ4v) is 6.13. The molecule has 9 nitrogen and oxygen atoms in total. The second-order valence-corrected chi connectivity index (χ2v) is 12.1. The van der Waals surface area contributed by atoms with Gasteiger partial charge >= 0.3 is 24.0 Å². The quantitative estimate of drug-likeness (QED) is 0.493. The van der Waals surface area contributed by atoms with E-state index in [4.69, 9.17) is 16.4 Å². The number of hydroxylamine groups is 2. The van der Waals surface area contributed by atoms with Crippen molar-refractivity contribution in [2.24, 2.45) is 5.41 Å². The van der Waals surface area contributed by atoms with Crippen LogP contribution in [0.4, 0.5) is 35.3 Å². The molecular formula is C27H31ClF3N5O4+2. The Kier molecular flexibility index (Phi) is 6.77. The van der Waals surface area contributed by atoms with Gasteiger partial charge in [-0.1, -0.05) is 44.5 Å². The topological polar surface area (TPSA) is 84.3 Å². The molecular weight excluding hydrogens is 551 g/mol. The number of fused-ring (bicyclic) bond motifs is 4. The molecule has 0 radical (unpaired) electrons. The number of carbonyl (C=O) groups is 3. The van der Waals surface area contributed by atoms with E-state index in [0.29, 0.717) is 29.5 Å². The molecule has 3 atom stereocenters. The fourth-order valence-electron chi connectivity index (χ4n) is 5.92. The Morgan fingerprint density at radius 2 is 1.75 bits per heavy atom. The molecule has 6 rings (SSSR count). The number of benzene rings is 1. The summed E-state index contributed by atoms with van der Waals surface area (Å²) >= 11 is 6.27. The number of pyridine rings is 1. The average Bonchev–Trinajstić information content (AvgIpc) is 3.08. The third kappa shape index (κ3) is 4.77. The minimum absolute atomic E-state index is 0.0231. The number of alkyl halides is 3. The largest absolute Gasteiger partial charge is 0.529 e. The number of aromatic nitrogens is 1. The number of quaternary nitrogens is 1. The standard InChI is InChI=1S/C27H30ClF3N5O4/c1-26(2,3)15-36(40-24(38)27(29,30)31)20-11-12-21(32-22(20)33(4)25(36)39)34-13-17-10-9-16(34)14-35(17)23(37)18-7-5-6-8-19(18)28/h5-8,11-12,16-17H,9-10,13-15H2,1-4H3/q+1/p+1. The molecule has 214 valence electrons. The highest BCUT2D eigenvalue weighted by Crippen LogP contribution is 2.44. The zero-order chi connectivity index (χ0) is 29.2. The van der Waals surface area contributed by atoms with Crippen LogP contribution < -0.4 is 19.4 Å². The maximum absolute atomic E-state index is 13.5. The second-order valence-electron chi connectivity index (χ2n) is 11.7. The summed E-state index contributed by atoms with van der Waals surface area (Å²) in [6.45, 7) is 6.04. The first-order valence-electron chi connectivity index (χ1n) is 13.0. The van der Waals surface area contributed by atoms with Gasteiger partial charge in [0.25, 0.3) is 11.6 Å². The van der Waals surface area contributed by atoms with Gasteiger partial charge in [0.2, 0.25) is 5.82 Å². The van der Waals surface area contributed by atoms with Crippen LogP contribution in [0.3, 0.4) is 0 Å². The van der Waals surface area contributed by atoms with E-state index in [9.17, 15) is 27.6 Å². The zero-order valence-corrected chi connectivity index (χ0v) is 23.3. The number of halogens is 4. The molecule has 3 saturated heterocycles. The van der Waals surface area contributed by atoms with Gasteiger partial charge in [-0.3, -0.25) is 9.69 Å². The predicted molar refractivity (Wildman–Crippen MR) is 142 cm³/mol. The van der Waals surface area contributed by atoms with E-state index in [1.807, 2.05) is 4.90 Å². The highest BCUT2D eigenvalue weighted by molar-refractivity contribution is 6.33. The summed E-state index contributed by atoms with van der Waals surface area (Å²) in [5.41, 5.74) is -0.109. The summed E-state index contributed by atoms with van der Waals surface area (Å²) in [6, 6.07) is 9.25. The molecule has 2 bridgehead atoms.